The molecule has 25 heavy (non-hydrogen) atoms. The summed E-state index contributed by atoms with van der Waals surface area (Å²) < 4.78 is 24.8. The van der Waals surface area contributed by atoms with E-state index in [1.807, 2.05) is 37.3 Å². The average Bonchev–Trinajstić information content (AvgIpc) is 3.02. The molecule has 0 saturated carbocycles. The molecule has 3 aromatic rings. The first-order valence-corrected chi connectivity index (χ1v) is 10.2. The molecule has 0 aliphatic heterocycles. The van der Waals surface area contributed by atoms with Gasteiger partial charge in [-0.25, -0.2) is 28.1 Å². The number of nitrogens with one attached hydrogen (secondary N) is 2. The summed E-state index contributed by atoms with van der Waals surface area (Å²) in [5.41, 5.74) is 1.87. The Balaban J connectivity index is 1.76. The number of sulfonamides is 1. The van der Waals surface area contributed by atoms with Gasteiger partial charge < -0.3 is 5.32 Å². The van der Waals surface area contributed by atoms with Crippen LogP contribution in [0.1, 0.15) is 10.6 Å². The highest BCUT2D eigenvalue weighted by molar-refractivity contribution is 7.88. The first kappa shape index (κ1) is 17.5. The van der Waals surface area contributed by atoms with E-state index in [1.54, 1.807) is 12.4 Å². The first-order valence-electron chi connectivity index (χ1n) is 7.45. The Kier molecular flexibility index (Phi) is 5.07. The molecule has 0 unspecified atom stereocenters. The van der Waals surface area contributed by atoms with Crippen molar-refractivity contribution in [3.63, 3.8) is 0 Å². The topological polar surface area (TPSA) is 96.9 Å². The van der Waals surface area contributed by atoms with Gasteiger partial charge in [-0.2, -0.15) is 0 Å². The molecule has 0 aliphatic carbocycles. The van der Waals surface area contributed by atoms with E-state index < -0.39 is 10.0 Å². The Bertz CT molecular complexity index is 985. The SMILES string of the molecule is Cc1ccnc(Nc2cccc(-c3cnc(CNS(C)(=O)=O)s3)n2)c1. The number of hydrogen-bond donors (Lipinski definition) is 2. The van der Waals surface area contributed by atoms with Crippen LogP contribution >= 0.6 is 11.3 Å². The van der Waals surface area contributed by atoms with Crippen molar-refractivity contribution in [1.29, 1.82) is 0 Å². The minimum Gasteiger partial charge on any atom is -0.325 e. The molecule has 3 heterocycles. The van der Waals surface area contributed by atoms with Gasteiger partial charge >= 0.3 is 0 Å². The molecule has 2 N–H and O–H groups in total. The zero-order chi connectivity index (χ0) is 17.9. The normalized spacial score (nSPS) is 11.4. The van der Waals surface area contributed by atoms with E-state index in [2.05, 4.69) is 25.0 Å². The van der Waals surface area contributed by atoms with Crippen LogP contribution in [0.4, 0.5) is 11.6 Å². The van der Waals surface area contributed by atoms with E-state index in [9.17, 15) is 8.42 Å². The summed E-state index contributed by atoms with van der Waals surface area (Å²) >= 11 is 1.40. The highest BCUT2D eigenvalue weighted by Crippen LogP contribution is 2.26. The molecule has 0 aliphatic rings. The summed E-state index contributed by atoms with van der Waals surface area (Å²) in [6.45, 7) is 2.18. The molecule has 0 fully saturated rings. The highest BCUT2D eigenvalue weighted by atomic mass is 32.2. The zero-order valence-corrected chi connectivity index (χ0v) is 15.4. The van der Waals surface area contributed by atoms with Gasteiger partial charge in [-0.3, -0.25) is 0 Å². The summed E-state index contributed by atoms with van der Waals surface area (Å²) in [5.74, 6) is 1.41. The number of thiazole rings is 1. The fourth-order valence-electron chi connectivity index (χ4n) is 2.08. The lowest BCUT2D eigenvalue weighted by molar-refractivity contribution is 0.587. The van der Waals surface area contributed by atoms with Gasteiger partial charge in [0.05, 0.1) is 23.4 Å². The predicted molar refractivity (Wildman–Crippen MR) is 99.3 cm³/mol. The summed E-state index contributed by atoms with van der Waals surface area (Å²) in [7, 11) is -3.24. The highest BCUT2D eigenvalue weighted by Gasteiger charge is 2.09. The third-order valence-electron chi connectivity index (χ3n) is 3.21. The van der Waals surface area contributed by atoms with E-state index in [0.29, 0.717) is 10.8 Å². The Morgan fingerprint density at radius 1 is 1.16 bits per heavy atom. The van der Waals surface area contributed by atoms with Gasteiger partial charge in [0.1, 0.15) is 16.6 Å². The van der Waals surface area contributed by atoms with Crippen molar-refractivity contribution in [3.8, 4) is 10.6 Å². The molecule has 7 nitrogen and oxygen atoms in total. The Labute approximate surface area is 150 Å². The van der Waals surface area contributed by atoms with Gasteiger partial charge in [0.15, 0.2) is 0 Å². The Morgan fingerprint density at radius 3 is 2.76 bits per heavy atom. The smallest absolute Gasteiger partial charge is 0.209 e. The third-order valence-corrected chi connectivity index (χ3v) is 4.90. The maximum atomic E-state index is 11.2. The molecule has 0 aromatic carbocycles. The molecular weight excluding hydrogens is 358 g/mol. The predicted octanol–water partition coefficient (Wildman–Crippen LogP) is 2.70. The molecule has 0 atom stereocenters. The van der Waals surface area contributed by atoms with Gasteiger partial charge in [0.25, 0.3) is 0 Å². The van der Waals surface area contributed by atoms with Gasteiger partial charge in [-0.1, -0.05) is 6.07 Å². The number of hydrogen-bond acceptors (Lipinski definition) is 7. The Hall–Kier alpha value is -2.36. The van der Waals surface area contributed by atoms with E-state index in [0.717, 1.165) is 28.2 Å². The molecule has 0 spiro atoms. The van der Waals surface area contributed by atoms with Crippen LogP contribution in [0.15, 0.2) is 42.7 Å². The molecule has 0 radical (unpaired) electrons. The van der Waals surface area contributed by atoms with Crippen LogP contribution in [-0.2, 0) is 16.6 Å². The maximum Gasteiger partial charge on any atom is 0.209 e. The second kappa shape index (κ2) is 7.26. The molecule has 3 rings (SSSR count). The lowest BCUT2D eigenvalue weighted by atomic mass is 10.3. The molecule has 3 aromatic heterocycles. The average molecular weight is 375 g/mol. The summed E-state index contributed by atoms with van der Waals surface area (Å²) in [6.07, 6.45) is 4.56. The van der Waals surface area contributed by atoms with E-state index in [1.165, 1.54) is 11.3 Å². The second-order valence-electron chi connectivity index (χ2n) is 5.46. The van der Waals surface area contributed by atoms with Gasteiger partial charge in [0.2, 0.25) is 10.0 Å². The van der Waals surface area contributed by atoms with Crippen molar-refractivity contribution in [3.05, 3.63) is 53.3 Å². The van der Waals surface area contributed by atoms with Crippen LogP contribution in [0.5, 0.6) is 0 Å². The summed E-state index contributed by atoms with van der Waals surface area (Å²) in [4.78, 5) is 13.9. The van der Waals surface area contributed by atoms with Crippen LogP contribution in [0.25, 0.3) is 10.6 Å². The number of anilines is 2. The molecule has 9 heteroatoms. The lowest BCUT2D eigenvalue weighted by Gasteiger charge is -2.06. The number of aryl methyl sites for hydroxylation is 1. The summed E-state index contributed by atoms with van der Waals surface area (Å²) in [6, 6.07) is 9.51. The molecule has 130 valence electrons. The van der Waals surface area contributed by atoms with E-state index in [4.69, 9.17) is 0 Å². The molecule has 0 amide bonds. The van der Waals surface area contributed by atoms with E-state index >= 15 is 0 Å². The van der Waals surface area contributed by atoms with Crippen LogP contribution in [0.2, 0.25) is 0 Å². The number of aromatic nitrogens is 3. The van der Waals surface area contributed by atoms with Gasteiger partial charge in [-0.15, -0.1) is 11.3 Å². The monoisotopic (exact) mass is 375 g/mol. The number of nitrogens with zero attached hydrogens (tertiary/aromatic N) is 3. The van der Waals surface area contributed by atoms with Gasteiger partial charge in [-0.05, 0) is 36.8 Å². The largest absolute Gasteiger partial charge is 0.325 e. The molecule has 0 saturated heterocycles. The van der Waals surface area contributed by atoms with Crippen molar-refractivity contribution < 1.29 is 8.42 Å². The lowest BCUT2D eigenvalue weighted by Crippen LogP contribution is -2.20. The Morgan fingerprint density at radius 2 is 2.00 bits per heavy atom. The van der Waals surface area contributed by atoms with Crippen LogP contribution in [-0.4, -0.2) is 29.6 Å². The second-order valence-corrected chi connectivity index (χ2v) is 8.41. The quantitative estimate of drug-likeness (QED) is 0.688. The minimum atomic E-state index is -3.24. The zero-order valence-electron chi connectivity index (χ0n) is 13.7. The van der Waals surface area contributed by atoms with Crippen LogP contribution in [0, 0.1) is 6.92 Å². The standard InChI is InChI=1S/C16H17N5O2S2/c1-11-6-7-17-15(8-11)21-14-5-3-4-12(20-14)13-9-18-16(24-13)10-19-25(2,22)23/h3-9,19H,10H2,1-2H3,(H,17,20,21). The van der Waals surface area contributed by atoms with Crippen LogP contribution in [0.3, 0.4) is 0 Å². The first-order chi connectivity index (χ1) is 11.9. The van der Waals surface area contributed by atoms with Crippen molar-refractivity contribution in [2.75, 3.05) is 11.6 Å². The van der Waals surface area contributed by atoms with Crippen molar-refractivity contribution in [1.82, 2.24) is 19.7 Å². The fourth-order valence-corrected chi connectivity index (χ4v) is 3.40. The van der Waals surface area contributed by atoms with E-state index in [-0.39, 0.29) is 6.54 Å². The summed E-state index contributed by atoms with van der Waals surface area (Å²) in [5, 5.41) is 3.86. The molecular formula is C16H17N5O2S2. The van der Waals surface area contributed by atoms with Gasteiger partial charge in [0, 0.05) is 12.4 Å². The van der Waals surface area contributed by atoms with Crippen molar-refractivity contribution in [2.45, 2.75) is 13.5 Å². The van der Waals surface area contributed by atoms with Crippen molar-refractivity contribution >= 4 is 33.0 Å². The number of rotatable bonds is 6. The fraction of sp³-hybridized carbons (Fsp3) is 0.188. The number of pyridine rings is 2. The van der Waals surface area contributed by atoms with Crippen molar-refractivity contribution in [2.24, 2.45) is 0 Å². The van der Waals surface area contributed by atoms with Crippen LogP contribution < -0.4 is 10.0 Å². The third kappa shape index (κ3) is 5.05. The minimum absolute atomic E-state index is 0.175. The maximum absolute atomic E-state index is 11.2. The molecule has 0 bridgehead atoms.